The first-order valence-electron chi connectivity index (χ1n) is 11.2. The molecule has 2 aliphatic carbocycles. The van der Waals surface area contributed by atoms with Gasteiger partial charge in [-0.05, 0) is 95.5 Å². The number of benzene rings is 2. The summed E-state index contributed by atoms with van der Waals surface area (Å²) in [7, 11) is 0. The van der Waals surface area contributed by atoms with Gasteiger partial charge in [0.05, 0.1) is 0 Å². The molecule has 0 atom stereocenters. The quantitative estimate of drug-likeness (QED) is 0.882. The Hall–Kier alpha value is -2.39. The predicted molar refractivity (Wildman–Crippen MR) is 118 cm³/mol. The normalized spacial score (nSPS) is 18.2. The van der Waals surface area contributed by atoms with Crippen LogP contribution >= 0.6 is 0 Å². The Bertz CT molecular complexity index is 1160. The molecule has 3 nitrogen and oxygen atoms in total. The van der Waals surface area contributed by atoms with Gasteiger partial charge in [-0.1, -0.05) is 36.4 Å². The Morgan fingerprint density at radius 1 is 1.03 bits per heavy atom. The number of likely N-dealkylation sites (tertiary alicyclic amines) is 1. The molecule has 2 N–H and O–H groups in total. The fourth-order valence-electron chi connectivity index (χ4n) is 5.46. The van der Waals surface area contributed by atoms with Crippen molar-refractivity contribution in [1.82, 2.24) is 4.90 Å². The molecule has 2 aromatic rings. The van der Waals surface area contributed by atoms with Gasteiger partial charge in [0.15, 0.2) is 0 Å². The van der Waals surface area contributed by atoms with Gasteiger partial charge in [-0.15, -0.1) is 0 Å². The molecule has 3 aliphatic rings. The number of hydrogen-bond acceptors (Lipinski definition) is 2. The van der Waals surface area contributed by atoms with Gasteiger partial charge in [0, 0.05) is 18.7 Å². The van der Waals surface area contributed by atoms with Gasteiger partial charge in [-0.3, -0.25) is 4.79 Å². The van der Waals surface area contributed by atoms with Crippen LogP contribution in [0, 0.1) is 16.4 Å². The third-order valence-electron chi connectivity index (χ3n) is 7.08. The van der Waals surface area contributed by atoms with Crippen LogP contribution in [0.15, 0.2) is 30.3 Å². The van der Waals surface area contributed by atoms with Gasteiger partial charge in [0.1, 0.15) is 0 Å². The molecule has 1 saturated heterocycles. The number of hydrogen-bond donors (Lipinski definition) is 1. The van der Waals surface area contributed by atoms with Crippen LogP contribution in [0.25, 0.3) is 12.2 Å². The van der Waals surface area contributed by atoms with E-state index in [1.54, 1.807) is 0 Å². The first kappa shape index (κ1) is 18.6. The molecule has 150 valence electrons. The van der Waals surface area contributed by atoms with Crippen LogP contribution in [0.3, 0.4) is 0 Å². The van der Waals surface area contributed by atoms with Crippen molar-refractivity contribution in [2.24, 2.45) is 11.7 Å². The summed E-state index contributed by atoms with van der Waals surface area (Å²) in [5, 5.41) is 5.10. The molecule has 0 aromatic heterocycles. The number of rotatable bonds is 3. The van der Waals surface area contributed by atoms with E-state index in [0.29, 0.717) is 5.92 Å². The minimum Gasteiger partial charge on any atom is -0.339 e. The summed E-state index contributed by atoms with van der Waals surface area (Å²) >= 11 is 0. The van der Waals surface area contributed by atoms with E-state index in [9.17, 15) is 4.79 Å². The summed E-state index contributed by atoms with van der Waals surface area (Å²) in [6, 6.07) is 10.8. The van der Waals surface area contributed by atoms with Gasteiger partial charge < -0.3 is 10.6 Å². The number of nitrogens with two attached hydrogens (primary N) is 1. The summed E-state index contributed by atoms with van der Waals surface area (Å²) in [6.07, 6.45) is 12.4. The molecular formula is C26H30N2O. The number of nitrogens with zero attached hydrogens (tertiary/aromatic N) is 1. The highest BCUT2D eigenvalue weighted by molar-refractivity contribution is 5.94. The highest BCUT2D eigenvalue weighted by atomic mass is 16.2. The van der Waals surface area contributed by atoms with E-state index < -0.39 is 0 Å². The van der Waals surface area contributed by atoms with Crippen molar-refractivity contribution in [2.45, 2.75) is 44.9 Å². The molecule has 2 aromatic carbocycles. The highest BCUT2D eigenvalue weighted by Gasteiger charge is 2.24. The van der Waals surface area contributed by atoms with Crippen molar-refractivity contribution in [3.8, 4) is 0 Å². The lowest BCUT2D eigenvalue weighted by Gasteiger charge is -2.32. The topological polar surface area (TPSA) is 46.3 Å². The second-order valence-corrected chi connectivity index (χ2v) is 8.74. The van der Waals surface area contributed by atoms with Crippen LogP contribution in [0.5, 0.6) is 0 Å². The summed E-state index contributed by atoms with van der Waals surface area (Å²) in [5.41, 5.74) is 9.58. The van der Waals surface area contributed by atoms with Crippen molar-refractivity contribution >= 4 is 18.1 Å². The van der Waals surface area contributed by atoms with Gasteiger partial charge in [0.2, 0.25) is 0 Å². The van der Waals surface area contributed by atoms with Crippen molar-refractivity contribution in [3.05, 3.63) is 67.9 Å². The van der Waals surface area contributed by atoms with E-state index in [-0.39, 0.29) is 5.91 Å². The molecule has 0 bridgehead atoms. The van der Waals surface area contributed by atoms with E-state index in [1.807, 2.05) is 11.0 Å². The average molecular weight is 387 g/mol. The first-order valence-corrected chi connectivity index (χ1v) is 11.2. The third kappa shape index (κ3) is 3.32. The fourth-order valence-corrected chi connectivity index (χ4v) is 5.46. The van der Waals surface area contributed by atoms with E-state index in [2.05, 4.69) is 36.4 Å². The third-order valence-corrected chi connectivity index (χ3v) is 7.08. The Morgan fingerprint density at radius 2 is 1.90 bits per heavy atom. The van der Waals surface area contributed by atoms with E-state index in [4.69, 9.17) is 5.73 Å². The van der Waals surface area contributed by atoms with Crippen LogP contribution in [0.4, 0.5) is 0 Å². The molecule has 1 fully saturated rings. The van der Waals surface area contributed by atoms with E-state index in [1.165, 1.54) is 46.0 Å². The molecule has 0 radical (unpaired) electrons. The van der Waals surface area contributed by atoms with Crippen molar-refractivity contribution < 1.29 is 4.79 Å². The number of carbonyl (C=O) groups excluding carboxylic acids is 1. The molecule has 0 saturated carbocycles. The summed E-state index contributed by atoms with van der Waals surface area (Å²) in [5.74, 6) is 0.870. The van der Waals surface area contributed by atoms with Crippen LogP contribution in [0.1, 0.15) is 53.6 Å². The molecule has 29 heavy (non-hydrogen) atoms. The minimum absolute atomic E-state index is 0.194. The maximum Gasteiger partial charge on any atom is 0.254 e. The smallest absolute Gasteiger partial charge is 0.254 e. The first-order chi connectivity index (χ1) is 14.3. The highest BCUT2D eigenvalue weighted by Crippen LogP contribution is 2.22. The molecule has 1 aliphatic heterocycles. The van der Waals surface area contributed by atoms with Crippen molar-refractivity contribution in [2.75, 3.05) is 19.6 Å². The lowest BCUT2D eigenvalue weighted by atomic mass is 9.88. The van der Waals surface area contributed by atoms with Gasteiger partial charge >= 0.3 is 0 Å². The maximum absolute atomic E-state index is 13.4. The average Bonchev–Trinajstić information content (AvgIpc) is 2.78. The fraction of sp³-hybridized carbons (Fsp3) is 0.423. The Labute approximate surface area is 172 Å². The molecule has 1 heterocycles. The van der Waals surface area contributed by atoms with Crippen LogP contribution in [0.2, 0.25) is 0 Å². The molecule has 0 spiro atoms. The summed E-state index contributed by atoms with van der Waals surface area (Å²) < 4.78 is 0. The van der Waals surface area contributed by atoms with E-state index in [0.717, 1.165) is 56.1 Å². The van der Waals surface area contributed by atoms with Crippen LogP contribution in [-0.4, -0.2) is 30.4 Å². The van der Waals surface area contributed by atoms with Crippen molar-refractivity contribution in [3.63, 3.8) is 0 Å². The number of piperidine rings is 1. The molecular weight excluding hydrogens is 356 g/mol. The Kier molecular flexibility index (Phi) is 5.01. The lowest BCUT2D eigenvalue weighted by molar-refractivity contribution is 0.0686. The molecule has 1 amide bonds. The second kappa shape index (κ2) is 7.79. The second-order valence-electron chi connectivity index (χ2n) is 8.74. The molecule has 5 rings (SSSR count). The zero-order chi connectivity index (χ0) is 19.8. The summed E-state index contributed by atoms with van der Waals surface area (Å²) in [6.45, 7) is 2.46. The number of fused-ring (bicyclic) bond motifs is 4. The lowest BCUT2D eigenvalue weighted by Crippen LogP contribution is -2.41. The predicted octanol–water partition coefficient (Wildman–Crippen LogP) is 2.63. The van der Waals surface area contributed by atoms with Crippen LogP contribution in [-0.2, 0) is 12.8 Å². The largest absolute Gasteiger partial charge is 0.339 e. The minimum atomic E-state index is 0.194. The van der Waals surface area contributed by atoms with Crippen LogP contribution < -0.4 is 16.2 Å². The number of carbonyl (C=O) groups is 1. The Balaban J connectivity index is 1.56. The molecule has 0 unspecified atom stereocenters. The zero-order valence-corrected chi connectivity index (χ0v) is 17.1. The SMILES string of the molecule is NCCC1CCN(C(=O)c2cccc3c2=CCc2c4c(ccc2=3)=CCCC4)CC1. The standard InChI is InChI=1S/C26H30N2O/c27-15-12-18-13-16-28(17-14-18)26(29)25-7-3-6-21-23-9-8-19-4-1-2-5-20(19)22(23)10-11-24(21)25/h3-4,6-9,11,18H,1-2,5,10,12-17,27H2. The Morgan fingerprint density at radius 3 is 2.72 bits per heavy atom. The van der Waals surface area contributed by atoms with Gasteiger partial charge in [0.25, 0.3) is 5.91 Å². The summed E-state index contributed by atoms with van der Waals surface area (Å²) in [4.78, 5) is 15.4. The van der Waals surface area contributed by atoms with Gasteiger partial charge in [-0.25, -0.2) is 0 Å². The molecule has 3 heteroatoms. The zero-order valence-electron chi connectivity index (χ0n) is 17.1. The maximum atomic E-state index is 13.4. The van der Waals surface area contributed by atoms with Crippen molar-refractivity contribution in [1.29, 1.82) is 0 Å². The monoisotopic (exact) mass is 386 g/mol. The number of amides is 1. The van der Waals surface area contributed by atoms with E-state index >= 15 is 0 Å². The van der Waals surface area contributed by atoms with Gasteiger partial charge in [-0.2, -0.15) is 0 Å².